The van der Waals surface area contributed by atoms with Crippen molar-refractivity contribution in [2.24, 2.45) is 0 Å². The SMILES string of the molecule is CCOc1ccc(-c2ccc(C)nc2)cc1CN(C(=O)c1sc2ccccc2c1Cl)C1CCC(N(C)C(=O)OC(C)(C)C)CC1. The fourth-order valence-electron chi connectivity index (χ4n) is 5.89. The van der Waals surface area contributed by atoms with Gasteiger partial charge in [0.05, 0.1) is 11.6 Å². The molecule has 0 N–H and O–H groups in total. The fourth-order valence-corrected chi connectivity index (χ4v) is 7.36. The van der Waals surface area contributed by atoms with Gasteiger partial charge in [-0.1, -0.05) is 41.9 Å². The van der Waals surface area contributed by atoms with Crippen LogP contribution in [0, 0.1) is 6.92 Å². The van der Waals surface area contributed by atoms with Crippen LogP contribution in [0.3, 0.4) is 0 Å². The quantitative estimate of drug-likeness (QED) is 0.191. The van der Waals surface area contributed by atoms with Gasteiger partial charge in [-0.2, -0.15) is 0 Å². The van der Waals surface area contributed by atoms with Crippen LogP contribution in [0.1, 0.15) is 74.3 Å². The van der Waals surface area contributed by atoms with Crippen LogP contribution in [0.4, 0.5) is 4.79 Å². The molecule has 1 saturated carbocycles. The highest BCUT2D eigenvalue weighted by atomic mass is 35.5. The molecule has 1 aliphatic carbocycles. The van der Waals surface area contributed by atoms with Gasteiger partial charge in [0, 0.05) is 58.8 Å². The van der Waals surface area contributed by atoms with Crippen molar-refractivity contribution in [3.63, 3.8) is 0 Å². The number of aromatic nitrogens is 1. The van der Waals surface area contributed by atoms with E-state index in [-0.39, 0.29) is 24.1 Å². The molecule has 1 fully saturated rings. The highest BCUT2D eigenvalue weighted by Crippen LogP contribution is 2.39. The Labute approximate surface area is 275 Å². The van der Waals surface area contributed by atoms with Crippen LogP contribution in [0.25, 0.3) is 21.2 Å². The average molecular weight is 648 g/mol. The number of aryl methyl sites for hydroxylation is 1. The molecule has 4 aromatic rings. The van der Waals surface area contributed by atoms with Crippen molar-refractivity contribution in [1.82, 2.24) is 14.8 Å². The lowest BCUT2D eigenvalue weighted by Crippen LogP contribution is -2.47. The molecule has 0 bridgehead atoms. The predicted octanol–water partition coefficient (Wildman–Crippen LogP) is 9.14. The Hall–Kier alpha value is -3.62. The van der Waals surface area contributed by atoms with Gasteiger partial charge in [0.25, 0.3) is 5.91 Å². The molecule has 0 saturated heterocycles. The molecule has 2 amide bonds. The van der Waals surface area contributed by atoms with Gasteiger partial charge in [0.15, 0.2) is 0 Å². The zero-order valence-corrected chi connectivity index (χ0v) is 28.5. The first-order valence-corrected chi connectivity index (χ1v) is 16.8. The second-order valence-corrected chi connectivity index (χ2v) is 14.1. The van der Waals surface area contributed by atoms with Crippen LogP contribution in [0.2, 0.25) is 5.02 Å². The van der Waals surface area contributed by atoms with Crippen molar-refractivity contribution in [3.8, 4) is 16.9 Å². The number of nitrogens with zero attached hydrogens (tertiary/aromatic N) is 3. The molecule has 2 aromatic heterocycles. The molecule has 0 unspecified atom stereocenters. The van der Waals surface area contributed by atoms with Crippen LogP contribution < -0.4 is 4.74 Å². The lowest BCUT2D eigenvalue weighted by Gasteiger charge is -2.40. The maximum absolute atomic E-state index is 14.5. The summed E-state index contributed by atoms with van der Waals surface area (Å²) in [5.41, 5.74) is 3.33. The third kappa shape index (κ3) is 7.61. The third-order valence-electron chi connectivity index (χ3n) is 8.27. The van der Waals surface area contributed by atoms with Crippen molar-refractivity contribution < 1.29 is 19.1 Å². The number of halogens is 1. The molecule has 0 atom stereocenters. The van der Waals surface area contributed by atoms with E-state index in [0.717, 1.165) is 63.9 Å². The number of pyridine rings is 1. The summed E-state index contributed by atoms with van der Waals surface area (Å²) in [7, 11) is 1.80. The maximum Gasteiger partial charge on any atom is 0.410 e. The zero-order chi connectivity index (χ0) is 32.3. The first kappa shape index (κ1) is 32.8. The Balaban J connectivity index is 1.47. The molecule has 0 spiro atoms. The Kier molecular flexibility index (Phi) is 10.0. The van der Waals surface area contributed by atoms with Gasteiger partial charge in [-0.15, -0.1) is 11.3 Å². The van der Waals surface area contributed by atoms with Crippen LogP contribution in [0.5, 0.6) is 5.75 Å². The highest BCUT2D eigenvalue weighted by molar-refractivity contribution is 7.21. The highest BCUT2D eigenvalue weighted by Gasteiger charge is 2.35. The van der Waals surface area contributed by atoms with Gasteiger partial charge in [0.1, 0.15) is 16.2 Å². The van der Waals surface area contributed by atoms with E-state index in [1.807, 2.05) is 88.2 Å². The minimum atomic E-state index is -0.559. The monoisotopic (exact) mass is 647 g/mol. The molecule has 45 heavy (non-hydrogen) atoms. The van der Waals surface area contributed by atoms with E-state index in [2.05, 4.69) is 17.1 Å². The molecule has 238 valence electrons. The molecule has 0 radical (unpaired) electrons. The number of amides is 2. The number of ether oxygens (including phenoxy) is 2. The zero-order valence-electron chi connectivity index (χ0n) is 26.9. The number of thiophene rings is 1. The first-order chi connectivity index (χ1) is 21.4. The Morgan fingerprint density at radius 3 is 2.33 bits per heavy atom. The molecular formula is C36H42ClN3O4S. The second kappa shape index (κ2) is 13.8. The molecule has 9 heteroatoms. The number of hydrogen-bond donors (Lipinski definition) is 0. The molecule has 2 heterocycles. The lowest BCUT2D eigenvalue weighted by atomic mass is 9.89. The third-order valence-corrected chi connectivity index (χ3v) is 9.94. The molecule has 2 aromatic carbocycles. The van der Waals surface area contributed by atoms with Gasteiger partial charge < -0.3 is 19.3 Å². The van der Waals surface area contributed by atoms with Crippen molar-refractivity contribution in [2.45, 2.75) is 84.5 Å². The number of hydrogen-bond acceptors (Lipinski definition) is 6. The van der Waals surface area contributed by atoms with Crippen molar-refractivity contribution in [3.05, 3.63) is 82.0 Å². The van der Waals surface area contributed by atoms with Gasteiger partial charge in [0.2, 0.25) is 0 Å². The summed E-state index contributed by atoms with van der Waals surface area (Å²) in [6, 6.07) is 18.0. The summed E-state index contributed by atoms with van der Waals surface area (Å²) in [5.74, 6) is 0.662. The minimum Gasteiger partial charge on any atom is -0.494 e. The predicted molar refractivity (Wildman–Crippen MR) is 182 cm³/mol. The average Bonchev–Trinajstić information content (AvgIpc) is 3.36. The van der Waals surface area contributed by atoms with Crippen LogP contribution >= 0.6 is 22.9 Å². The van der Waals surface area contributed by atoms with Gasteiger partial charge >= 0.3 is 6.09 Å². The fraction of sp³-hybridized carbons (Fsp3) is 0.417. The number of carbonyl (C=O) groups is 2. The van der Waals surface area contributed by atoms with E-state index in [0.29, 0.717) is 23.1 Å². The molecule has 0 aliphatic heterocycles. The van der Waals surface area contributed by atoms with Gasteiger partial charge in [-0.05, 0) is 90.1 Å². The Morgan fingerprint density at radius 2 is 1.69 bits per heavy atom. The lowest BCUT2D eigenvalue weighted by molar-refractivity contribution is 0.0144. The van der Waals surface area contributed by atoms with E-state index in [9.17, 15) is 9.59 Å². The summed E-state index contributed by atoms with van der Waals surface area (Å²) >= 11 is 8.30. The largest absolute Gasteiger partial charge is 0.494 e. The van der Waals surface area contributed by atoms with E-state index >= 15 is 0 Å². The summed E-state index contributed by atoms with van der Waals surface area (Å²) in [6.45, 7) is 10.4. The molecule has 7 nitrogen and oxygen atoms in total. The molecular weight excluding hydrogens is 606 g/mol. The van der Waals surface area contributed by atoms with E-state index in [1.54, 1.807) is 11.9 Å². The number of fused-ring (bicyclic) bond motifs is 1. The molecule has 1 aliphatic rings. The van der Waals surface area contributed by atoms with Crippen molar-refractivity contribution in [2.75, 3.05) is 13.7 Å². The summed E-state index contributed by atoms with van der Waals surface area (Å²) in [6.07, 6.45) is 4.57. The smallest absolute Gasteiger partial charge is 0.410 e. The summed E-state index contributed by atoms with van der Waals surface area (Å²) < 4.78 is 12.7. The van der Waals surface area contributed by atoms with Gasteiger partial charge in [-0.25, -0.2) is 4.79 Å². The topological polar surface area (TPSA) is 72.0 Å². The molecule has 5 rings (SSSR count). The van der Waals surface area contributed by atoms with Gasteiger partial charge in [-0.3, -0.25) is 9.78 Å². The standard InChI is InChI=1S/C36H42ClN3O4S/c1-7-43-30-19-14-24(25-13-12-23(2)38-21-25)20-26(30)22-40(34(41)33-32(37)29-10-8-9-11-31(29)45-33)28-17-15-27(16-18-28)39(6)35(42)44-36(3,4)5/h8-14,19-21,27-28H,7,15-18,22H2,1-6H3. The van der Waals surface area contributed by atoms with Crippen molar-refractivity contribution in [1.29, 1.82) is 0 Å². The van der Waals surface area contributed by atoms with Crippen LogP contribution in [0.15, 0.2) is 60.8 Å². The van der Waals surface area contributed by atoms with E-state index in [4.69, 9.17) is 21.1 Å². The Morgan fingerprint density at radius 1 is 1.00 bits per heavy atom. The number of carbonyl (C=O) groups excluding carboxylic acids is 2. The second-order valence-electron chi connectivity index (χ2n) is 12.7. The van der Waals surface area contributed by atoms with Crippen molar-refractivity contribution >= 4 is 45.0 Å². The summed E-state index contributed by atoms with van der Waals surface area (Å²) in [4.78, 5) is 36.0. The van der Waals surface area contributed by atoms with E-state index < -0.39 is 5.60 Å². The summed E-state index contributed by atoms with van der Waals surface area (Å²) in [5, 5.41) is 1.38. The van der Waals surface area contributed by atoms with Crippen LogP contribution in [-0.4, -0.2) is 58.1 Å². The van der Waals surface area contributed by atoms with Crippen LogP contribution in [-0.2, 0) is 11.3 Å². The first-order valence-electron chi connectivity index (χ1n) is 15.6. The maximum atomic E-state index is 14.5. The normalized spacial score (nSPS) is 16.8. The Bertz CT molecular complexity index is 1660. The number of benzene rings is 2. The number of rotatable bonds is 8. The van der Waals surface area contributed by atoms with E-state index in [1.165, 1.54) is 11.3 Å². The minimum absolute atomic E-state index is 0.0392.